The van der Waals surface area contributed by atoms with E-state index in [0.29, 0.717) is 5.56 Å². The van der Waals surface area contributed by atoms with Gasteiger partial charge in [-0.25, -0.2) is 9.18 Å². The van der Waals surface area contributed by atoms with Crippen molar-refractivity contribution >= 4 is 17.7 Å². The van der Waals surface area contributed by atoms with E-state index in [9.17, 15) is 14.0 Å². The number of nitrogens with zero attached hydrogens (tertiary/aromatic N) is 2. The lowest BCUT2D eigenvalue weighted by molar-refractivity contribution is -0.141. The van der Waals surface area contributed by atoms with E-state index >= 15 is 0 Å². The van der Waals surface area contributed by atoms with E-state index in [-0.39, 0.29) is 18.9 Å². The number of nitrogens with one attached hydrogen (secondary N) is 1. The minimum Gasteiger partial charge on any atom is -0.481 e. The number of urea groups is 1. The van der Waals surface area contributed by atoms with Crippen LogP contribution in [0.2, 0.25) is 0 Å². The standard InChI is InChI=1S/C17H24FN3O3/c1-12(16(22)23)11-20(2)17(24)19-10-13-14(18)6-5-7-15(13)21-8-3-4-9-21/h5-7,12H,3-4,8-11H2,1-2H3,(H,19,24)(H,22,23). The second kappa shape index (κ2) is 7.99. The van der Waals surface area contributed by atoms with Crippen molar-refractivity contribution in [2.24, 2.45) is 5.92 Å². The molecule has 1 fully saturated rings. The van der Waals surface area contributed by atoms with Gasteiger partial charge in [0.15, 0.2) is 0 Å². The number of carboxylic acid groups (broad SMARTS) is 1. The summed E-state index contributed by atoms with van der Waals surface area (Å²) in [6, 6.07) is 4.51. The van der Waals surface area contributed by atoms with Gasteiger partial charge in [0, 0.05) is 44.5 Å². The Morgan fingerprint density at radius 3 is 2.67 bits per heavy atom. The quantitative estimate of drug-likeness (QED) is 0.835. The molecule has 0 bridgehead atoms. The average Bonchev–Trinajstić information content (AvgIpc) is 3.07. The van der Waals surface area contributed by atoms with Gasteiger partial charge < -0.3 is 20.2 Å². The fraction of sp³-hybridized carbons (Fsp3) is 0.529. The SMILES string of the molecule is CC(CN(C)C(=O)NCc1c(F)cccc1N1CCCC1)C(=O)O. The van der Waals surface area contributed by atoms with Crippen LogP contribution < -0.4 is 10.2 Å². The number of hydrogen-bond acceptors (Lipinski definition) is 3. The number of halogens is 1. The number of aliphatic carboxylic acids is 1. The number of amides is 2. The summed E-state index contributed by atoms with van der Waals surface area (Å²) in [5, 5.41) is 11.6. The third-order valence-electron chi connectivity index (χ3n) is 4.27. The summed E-state index contributed by atoms with van der Waals surface area (Å²) in [4.78, 5) is 26.4. The first-order chi connectivity index (χ1) is 11.4. The molecule has 0 radical (unpaired) electrons. The van der Waals surface area contributed by atoms with Gasteiger partial charge in [0.1, 0.15) is 5.82 Å². The Hall–Kier alpha value is -2.31. The highest BCUT2D eigenvalue weighted by molar-refractivity contribution is 5.76. The molecular weight excluding hydrogens is 313 g/mol. The highest BCUT2D eigenvalue weighted by Crippen LogP contribution is 2.26. The van der Waals surface area contributed by atoms with Crippen molar-refractivity contribution in [1.82, 2.24) is 10.2 Å². The molecule has 1 atom stereocenters. The summed E-state index contributed by atoms with van der Waals surface area (Å²) in [6.45, 7) is 3.48. The lowest BCUT2D eigenvalue weighted by Crippen LogP contribution is -2.40. The Labute approximate surface area is 141 Å². The molecule has 24 heavy (non-hydrogen) atoms. The van der Waals surface area contributed by atoms with E-state index in [0.717, 1.165) is 31.6 Å². The molecule has 1 heterocycles. The van der Waals surface area contributed by atoms with E-state index in [1.807, 2.05) is 6.07 Å². The van der Waals surface area contributed by atoms with Crippen LogP contribution >= 0.6 is 0 Å². The maximum absolute atomic E-state index is 14.2. The Morgan fingerprint density at radius 1 is 1.38 bits per heavy atom. The molecule has 1 aromatic rings. The number of hydrogen-bond donors (Lipinski definition) is 2. The van der Waals surface area contributed by atoms with Crippen LogP contribution in [0, 0.1) is 11.7 Å². The smallest absolute Gasteiger partial charge is 0.317 e. The third kappa shape index (κ3) is 4.37. The van der Waals surface area contributed by atoms with Gasteiger partial charge in [0.2, 0.25) is 0 Å². The predicted octanol–water partition coefficient (Wildman–Crippen LogP) is 2.29. The summed E-state index contributed by atoms with van der Waals surface area (Å²) >= 11 is 0. The summed E-state index contributed by atoms with van der Waals surface area (Å²) in [5.41, 5.74) is 1.28. The van der Waals surface area contributed by atoms with Crippen LogP contribution in [-0.4, -0.2) is 48.7 Å². The molecule has 132 valence electrons. The average molecular weight is 337 g/mol. The van der Waals surface area contributed by atoms with Crippen LogP contribution in [0.1, 0.15) is 25.3 Å². The topological polar surface area (TPSA) is 72.9 Å². The van der Waals surface area contributed by atoms with Crippen molar-refractivity contribution in [2.75, 3.05) is 31.6 Å². The zero-order valence-corrected chi connectivity index (χ0v) is 14.1. The van der Waals surface area contributed by atoms with E-state index in [2.05, 4.69) is 10.2 Å². The summed E-state index contributed by atoms with van der Waals surface area (Å²) in [5.74, 6) is -1.96. The predicted molar refractivity (Wildman–Crippen MR) is 89.5 cm³/mol. The van der Waals surface area contributed by atoms with Crippen LogP contribution in [0.25, 0.3) is 0 Å². The lowest BCUT2D eigenvalue weighted by atomic mass is 10.1. The summed E-state index contributed by atoms with van der Waals surface area (Å²) in [6.07, 6.45) is 2.16. The highest BCUT2D eigenvalue weighted by Gasteiger charge is 2.20. The maximum Gasteiger partial charge on any atom is 0.317 e. The zero-order chi connectivity index (χ0) is 17.7. The van der Waals surface area contributed by atoms with Crippen molar-refractivity contribution in [2.45, 2.75) is 26.3 Å². The molecule has 1 saturated heterocycles. The van der Waals surface area contributed by atoms with Gasteiger partial charge in [0.25, 0.3) is 0 Å². The maximum atomic E-state index is 14.2. The molecule has 1 aliphatic rings. The Bertz CT molecular complexity index is 603. The first-order valence-electron chi connectivity index (χ1n) is 8.14. The number of rotatable bonds is 6. The van der Waals surface area contributed by atoms with Gasteiger partial charge in [-0.05, 0) is 25.0 Å². The van der Waals surface area contributed by atoms with Crippen LogP contribution in [0.3, 0.4) is 0 Å². The molecule has 2 N–H and O–H groups in total. The van der Waals surface area contributed by atoms with Crippen molar-refractivity contribution in [3.63, 3.8) is 0 Å². The fourth-order valence-electron chi connectivity index (χ4n) is 2.85. The molecule has 6 nitrogen and oxygen atoms in total. The first-order valence-corrected chi connectivity index (χ1v) is 8.14. The van der Waals surface area contributed by atoms with Crippen LogP contribution in [0.5, 0.6) is 0 Å². The largest absolute Gasteiger partial charge is 0.481 e. The molecule has 1 aromatic carbocycles. The lowest BCUT2D eigenvalue weighted by Gasteiger charge is -2.23. The number of benzene rings is 1. The Balaban J connectivity index is 2.01. The molecule has 1 aliphatic heterocycles. The highest BCUT2D eigenvalue weighted by atomic mass is 19.1. The van der Waals surface area contributed by atoms with Crippen molar-refractivity contribution in [1.29, 1.82) is 0 Å². The van der Waals surface area contributed by atoms with Crippen molar-refractivity contribution in [3.05, 3.63) is 29.6 Å². The minimum absolute atomic E-state index is 0.0726. The van der Waals surface area contributed by atoms with Gasteiger partial charge >= 0.3 is 12.0 Å². The van der Waals surface area contributed by atoms with Crippen LogP contribution in [0.4, 0.5) is 14.9 Å². The molecule has 0 aliphatic carbocycles. The number of anilines is 1. The summed E-state index contributed by atoms with van der Waals surface area (Å²) in [7, 11) is 1.53. The monoisotopic (exact) mass is 337 g/mol. The van der Waals surface area contributed by atoms with Gasteiger partial charge in [0.05, 0.1) is 5.92 Å². The van der Waals surface area contributed by atoms with Gasteiger partial charge in [-0.15, -0.1) is 0 Å². The summed E-state index contributed by atoms with van der Waals surface area (Å²) < 4.78 is 14.2. The fourth-order valence-corrected chi connectivity index (χ4v) is 2.85. The molecule has 0 aromatic heterocycles. The number of carboxylic acids is 1. The van der Waals surface area contributed by atoms with Crippen LogP contribution in [0.15, 0.2) is 18.2 Å². The first kappa shape index (κ1) is 18.0. The molecule has 0 spiro atoms. The van der Waals surface area contributed by atoms with E-state index in [4.69, 9.17) is 5.11 Å². The normalized spacial score (nSPS) is 15.2. The van der Waals surface area contributed by atoms with Crippen LogP contribution in [-0.2, 0) is 11.3 Å². The molecule has 2 rings (SSSR count). The van der Waals surface area contributed by atoms with E-state index in [1.165, 1.54) is 24.9 Å². The van der Waals surface area contributed by atoms with Gasteiger partial charge in [-0.2, -0.15) is 0 Å². The minimum atomic E-state index is -0.958. The zero-order valence-electron chi connectivity index (χ0n) is 14.1. The van der Waals surface area contributed by atoms with E-state index < -0.39 is 17.9 Å². The molecule has 1 unspecified atom stereocenters. The molecular formula is C17H24FN3O3. The number of carbonyl (C=O) groups excluding carboxylic acids is 1. The Kier molecular flexibility index (Phi) is 6.00. The van der Waals surface area contributed by atoms with Gasteiger partial charge in [-0.1, -0.05) is 13.0 Å². The van der Waals surface area contributed by atoms with Crippen molar-refractivity contribution in [3.8, 4) is 0 Å². The Morgan fingerprint density at radius 2 is 2.04 bits per heavy atom. The third-order valence-corrected chi connectivity index (χ3v) is 4.27. The van der Waals surface area contributed by atoms with Crippen molar-refractivity contribution < 1.29 is 19.1 Å². The molecule has 7 heteroatoms. The van der Waals surface area contributed by atoms with E-state index in [1.54, 1.807) is 6.07 Å². The molecule has 2 amide bonds. The number of carbonyl (C=O) groups is 2. The second-order valence-corrected chi connectivity index (χ2v) is 6.21. The second-order valence-electron chi connectivity index (χ2n) is 6.21. The molecule has 0 saturated carbocycles. The van der Waals surface area contributed by atoms with Gasteiger partial charge in [-0.3, -0.25) is 4.79 Å².